The van der Waals surface area contributed by atoms with Crippen molar-refractivity contribution >= 4 is 23.0 Å². The summed E-state index contributed by atoms with van der Waals surface area (Å²) in [6, 6.07) is 14.7. The first-order chi connectivity index (χ1) is 15.4. The summed E-state index contributed by atoms with van der Waals surface area (Å²) >= 11 is 0. The highest BCUT2D eigenvalue weighted by atomic mass is 16.6. The third-order valence-electron chi connectivity index (χ3n) is 6.61. The molecule has 8 heteroatoms. The minimum absolute atomic E-state index is 0.0260. The number of nitro benzene ring substituents is 1. The maximum Gasteiger partial charge on any atom is 0.269 e. The summed E-state index contributed by atoms with van der Waals surface area (Å²) in [5.74, 6) is -0.363. The molecule has 32 heavy (non-hydrogen) atoms. The van der Waals surface area contributed by atoms with Crippen molar-refractivity contribution in [1.29, 1.82) is 5.26 Å². The number of non-ortho nitro benzene ring substituents is 1. The van der Waals surface area contributed by atoms with Crippen LogP contribution in [0, 0.1) is 27.4 Å². The van der Waals surface area contributed by atoms with Gasteiger partial charge in [-0.1, -0.05) is 19.1 Å². The summed E-state index contributed by atoms with van der Waals surface area (Å²) in [7, 11) is 0. The maximum absolute atomic E-state index is 13.3. The Morgan fingerprint density at radius 2 is 2.06 bits per heavy atom. The Morgan fingerprint density at radius 3 is 2.78 bits per heavy atom. The van der Waals surface area contributed by atoms with Gasteiger partial charge in [-0.25, -0.2) is 0 Å². The average molecular weight is 434 g/mol. The molecule has 0 unspecified atom stereocenters. The smallest absolute Gasteiger partial charge is 0.269 e. The molecule has 2 heterocycles. The number of rotatable bonds is 5. The quantitative estimate of drug-likeness (QED) is 0.574. The van der Waals surface area contributed by atoms with E-state index in [9.17, 15) is 20.2 Å². The van der Waals surface area contributed by atoms with E-state index in [0.717, 1.165) is 23.4 Å². The molecule has 1 saturated heterocycles. The van der Waals surface area contributed by atoms with Gasteiger partial charge in [-0.15, -0.1) is 0 Å². The maximum atomic E-state index is 13.3. The van der Waals surface area contributed by atoms with Crippen molar-refractivity contribution in [2.24, 2.45) is 5.92 Å². The zero-order chi connectivity index (χ0) is 22.8. The monoisotopic (exact) mass is 433 g/mol. The van der Waals surface area contributed by atoms with Gasteiger partial charge >= 0.3 is 0 Å². The minimum Gasteiger partial charge on any atom is -0.367 e. The number of benzene rings is 2. The fourth-order valence-corrected chi connectivity index (χ4v) is 4.74. The van der Waals surface area contributed by atoms with Crippen molar-refractivity contribution in [1.82, 2.24) is 5.32 Å². The van der Waals surface area contributed by atoms with Crippen LogP contribution in [0.1, 0.15) is 31.4 Å². The molecule has 2 aliphatic heterocycles. The number of nitriles is 1. The lowest BCUT2D eigenvalue weighted by molar-refractivity contribution is -0.384. The summed E-state index contributed by atoms with van der Waals surface area (Å²) < 4.78 is 0. The zero-order valence-electron chi connectivity index (χ0n) is 18.3. The first-order valence-corrected chi connectivity index (χ1v) is 11.0. The van der Waals surface area contributed by atoms with Crippen LogP contribution in [0.4, 0.5) is 17.1 Å². The van der Waals surface area contributed by atoms with Gasteiger partial charge in [-0.05, 0) is 43.5 Å². The number of piperazine rings is 1. The standard InChI is InChI=1S/C24H27N5O3/c1-3-16(2)26-24(30)20-13-18-12-19(29(31)32)8-9-22(18)28-11-10-27(15-23(20)28)21-7-5-4-6-17(21)14-25/h4-9,12,16,20,23H,3,10-11,13,15H2,1-2H3,(H,26,30)/t16-,20+,23-/m0/s1. The third-order valence-corrected chi connectivity index (χ3v) is 6.61. The Morgan fingerprint density at radius 1 is 1.28 bits per heavy atom. The molecule has 0 bridgehead atoms. The first kappa shape index (κ1) is 21.6. The molecule has 4 rings (SSSR count). The molecule has 0 radical (unpaired) electrons. The van der Waals surface area contributed by atoms with Crippen molar-refractivity contribution in [2.75, 3.05) is 29.4 Å². The van der Waals surface area contributed by atoms with Crippen LogP contribution in [0.25, 0.3) is 0 Å². The number of nitrogens with zero attached hydrogens (tertiary/aromatic N) is 4. The molecular weight excluding hydrogens is 406 g/mol. The Balaban J connectivity index is 1.70. The van der Waals surface area contributed by atoms with E-state index in [4.69, 9.17) is 0 Å². The van der Waals surface area contributed by atoms with E-state index in [1.807, 2.05) is 44.2 Å². The van der Waals surface area contributed by atoms with Crippen LogP contribution in [0.2, 0.25) is 0 Å². The second kappa shape index (κ2) is 8.87. The number of nitrogens with one attached hydrogen (secondary N) is 1. The molecule has 1 N–H and O–H groups in total. The van der Waals surface area contributed by atoms with E-state index in [-0.39, 0.29) is 29.6 Å². The molecule has 1 fully saturated rings. The summed E-state index contributed by atoms with van der Waals surface area (Å²) in [5.41, 5.74) is 3.34. The molecule has 1 amide bonds. The molecule has 0 spiro atoms. The lowest BCUT2D eigenvalue weighted by Crippen LogP contribution is -2.61. The van der Waals surface area contributed by atoms with E-state index < -0.39 is 4.92 Å². The van der Waals surface area contributed by atoms with Gasteiger partial charge in [-0.3, -0.25) is 14.9 Å². The normalized spacial score (nSPS) is 20.5. The second-order valence-corrected chi connectivity index (χ2v) is 8.53. The minimum atomic E-state index is -0.392. The molecular formula is C24H27N5O3. The zero-order valence-corrected chi connectivity index (χ0v) is 18.3. The number of para-hydroxylation sites is 1. The van der Waals surface area contributed by atoms with E-state index in [2.05, 4.69) is 21.2 Å². The van der Waals surface area contributed by atoms with Crippen LogP contribution in [0.3, 0.4) is 0 Å². The lowest BCUT2D eigenvalue weighted by atomic mass is 9.82. The molecule has 2 aromatic rings. The molecule has 2 aromatic carbocycles. The van der Waals surface area contributed by atoms with E-state index in [0.29, 0.717) is 31.6 Å². The van der Waals surface area contributed by atoms with Gasteiger partial charge < -0.3 is 15.1 Å². The van der Waals surface area contributed by atoms with Crippen LogP contribution in [-0.4, -0.2) is 42.5 Å². The number of carbonyl (C=O) groups excluding carboxylic acids is 1. The number of fused-ring (bicyclic) bond motifs is 3. The van der Waals surface area contributed by atoms with Gasteiger partial charge in [0, 0.05) is 43.5 Å². The number of carbonyl (C=O) groups is 1. The fraction of sp³-hybridized carbons (Fsp3) is 0.417. The Hall–Kier alpha value is -3.60. The molecule has 0 saturated carbocycles. The van der Waals surface area contributed by atoms with Gasteiger partial charge in [0.1, 0.15) is 6.07 Å². The predicted molar refractivity (Wildman–Crippen MR) is 123 cm³/mol. The van der Waals surface area contributed by atoms with Crippen molar-refractivity contribution in [3.8, 4) is 6.07 Å². The van der Waals surface area contributed by atoms with Crippen LogP contribution in [-0.2, 0) is 11.2 Å². The molecule has 8 nitrogen and oxygen atoms in total. The lowest BCUT2D eigenvalue weighted by Gasteiger charge is -2.49. The first-order valence-electron chi connectivity index (χ1n) is 11.0. The molecule has 2 aliphatic rings. The van der Waals surface area contributed by atoms with Gasteiger partial charge in [0.15, 0.2) is 0 Å². The van der Waals surface area contributed by atoms with Crippen molar-refractivity contribution in [2.45, 2.75) is 38.8 Å². The van der Waals surface area contributed by atoms with Gasteiger partial charge in [-0.2, -0.15) is 5.26 Å². The van der Waals surface area contributed by atoms with E-state index >= 15 is 0 Å². The largest absolute Gasteiger partial charge is 0.367 e. The highest BCUT2D eigenvalue weighted by Gasteiger charge is 2.42. The third kappa shape index (κ3) is 3.98. The summed E-state index contributed by atoms with van der Waals surface area (Å²) in [5, 5.41) is 24.0. The van der Waals surface area contributed by atoms with Gasteiger partial charge in [0.2, 0.25) is 5.91 Å². The second-order valence-electron chi connectivity index (χ2n) is 8.53. The molecule has 0 aliphatic carbocycles. The predicted octanol–water partition coefficient (Wildman–Crippen LogP) is 3.25. The molecule has 3 atom stereocenters. The van der Waals surface area contributed by atoms with Crippen LogP contribution in [0.5, 0.6) is 0 Å². The highest BCUT2D eigenvalue weighted by Crippen LogP contribution is 2.39. The van der Waals surface area contributed by atoms with Crippen molar-refractivity contribution in [3.05, 3.63) is 63.7 Å². The number of anilines is 2. The van der Waals surface area contributed by atoms with Crippen LogP contribution < -0.4 is 15.1 Å². The fourth-order valence-electron chi connectivity index (χ4n) is 4.74. The molecule has 166 valence electrons. The number of nitro groups is 1. The van der Waals surface area contributed by atoms with E-state index in [1.165, 1.54) is 6.07 Å². The van der Waals surface area contributed by atoms with E-state index in [1.54, 1.807) is 6.07 Å². The Kier molecular flexibility index (Phi) is 5.99. The van der Waals surface area contributed by atoms with Crippen molar-refractivity contribution in [3.63, 3.8) is 0 Å². The van der Waals surface area contributed by atoms with Crippen molar-refractivity contribution < 1.29 is 9.72 Å². The highest BCUT2D eigenvalue weighted by molar-refractivity contribution is 5.83. The Bertz CT molecular complexity index is 1080. The number of hydrogen-bond donors (Lipinski definition) is 1. The summed E-state index contributed by atoms with van der Waals surface area (Å²) in [6.07, 6.45) is 1.28. The van der Waals surface area contributed by atoms with Crippen LogP contribution >= 0.6 is 0 Å². The summed E-state index contributed by atoms with van der Waals surface area (Å²) in [4.78, 5) is 28.6. The number of hydrogen-bond acceptors (Lipinski definition) is 6. The average Bonchev–Trinajstić information content (AvgIpc) is 2.82. The Labute approximate surface area is 187 Å². The number of amides is 1. The van der Waals surface area contributed by atoms with Gasteiger partial charge in [0.25, 0.3) is 5.69 Å². The topological polar surface area (TPSA) is 103 Å². The summed E-state index contributed by atoms with van der Waals surface area (Å²) in [6.45, 7) is 5.98. The SMILES string of the molecule is CC[C@H](C)NC(=O)[C@@H]1Cc2cc([N+](=O)[O-])ccc2N2CCN(c3ccccc3C#N)C[C@@H]12. The molecule has 0 aromatic heterocycles. The van der Waals surface area contributed by atoms with Gasteiger partial charge in [0.05, 0.1) is 28.1 Å². The van der Waals surface area contributed by atoms with Crippen LogP contribution in [0.15, 0.2) is 42.5 Å².